The quantitative estimate of drug-likeness (QED) is 0.938. The van der Waals surface area contributed by atoms with Gasteiger partial charge in [-0.15, -0.1) is 0 Å². The lowest BCUT2D eigenvalue weighted by Gasteiger charge is -2.21. The van der Waals surface area contributed by atoms with Crippen molar-refractivity contribution in [3.63, 3.8) is 0 Å². The van der Waals surface area contributed by atoms with E-state index in [1.807, 2.05) is 33.2 Å². The van der Waals surface area contributed by atoms with Crippen molar-refractivity contribution in [1.82, 2.24) is 25.1 Å². The molecule has 114 valence electrons. The zero-order chi connectivity index (χ0) is 15.6. The van der Waals surface area contributed by atoms with Gasteiger partial charge >= 0.3 is 0 Å². The monoisotopic (exact) mass is 287 g/mol. The first-order valence-electron chi connectivity index (χ1n) is 7.35. The predicted molar refractivity (Wildman–Crippen MR) is 85.2 cm³/mol. The van der Waals surface area contributed by atoms with Crippen LogP contribution in [0.2, 0.25) is 0 Å². The fourth-order valence-corrected chi connectivity index (χ4v) is 2.31. The molecule has 2 aromatic heterocycles. The summed E-state index contributed by atoms with van der Waals surface area (Å²) in [6.45, 7) is 11.5. The molecule has 0 fully saturated rings. The van der Waals surface area contributed by atoms with Crippen molar-refractivity contribution < 1.29 is 0 Å². The Morgan fingerprint density at radius 3 is 2.24 bits per heavy atom. The third-order valence-electron chi connectivity index (χ3n) is 3.39. The molecule has 5 nitrogen and oxygen atoms in total. The smallest absolute Gasteiger partial charge is 0.180 e. The average molecular weight is 287 g/mol. The zero-order valence-electron chi connectivity index (χ0n) is 13.9. The van der Waals surface area contributed by atoms with Crippen LogP contribution in [0.15, 0.2) is 12.3 Å². The maximum absolute atomic E-state index is 4.62. The number of hydrogen-bond acceptors (Lipinski definition) is 4. The van der Waals surface area contributed by atoms with Gasteiger partial charge in [0, 0.05) is 30.2 Å². The molecular formula is C16H25N5. The number of nitrogens with zero attached hydrogens (tertiary/aromatic N) is 4. The molecule has 2 rings (SSSR count). The van der Waals surface area contributed by atoms with Gasteiger partial charge in [0.2, 0.25) is 0 Å². The molecular weight excluding hydrogens is 262 g/mol. The van der Waals surface area contributed by atoms with Crippen molar-refractivity contribution in [3.8, 4) is 11.5 Å². The van der Waals surface area contributed by atoms with Crippen LogP contribution < -0.4 is 5.32 Å². The third kappa shape index (κ3) is 4.11. The molecule has 0 aliphatic heterocycles. The molecule has 2 heterocycles. The first-order valence-corrected chi connectivity index (χ1v) is 7.35. The molecule has 0 amide bonds. The van der Waals surface area contributed by atoms with Gasteiger partial charge in [0.15, 0.2) is 5.82 Å². The molecule has 0 radical (unpaired) electrons. The highest BCUT2D eigenvalue weighted by atomic mass is 15.3. The molecule has 0 saturated heterocycles. The fourth-order valence-electron chi connectivity index (χ4n) is 2.31. The Morgan fingerprint density at radius 1 is 1.14 bits per heavy atom. The van der Waals surface area contributed by atoms with E-state index in [9.17, 15) is 0 Å². The van der Waals surface area contributed by atoms with Crippen LogP contribution in [0.3, 0.4) is 0 Å². The van der Waals surface area contributed by atoms with E-state index in [-0.39, 0.29) is 5.54 Å². The van der Waals surface area contributed by atoms with E-state index in [0.29, 0.717) is 5.82 Å². The lowest BCUT2D eigenvalue weighted by molar-refractivity contribution is 0.429. The second-order valence-corrected chi connectivity index (χ2v) is 6.50. The van der Waals surface area contributed by atoms with Crippen LogP contribution in [0.25, 0.3) is 11.5 Å². The fraction of sp³-hybridized carbons (Fsp3) is 0.562. The molecule has 0 atom stereocenters. The molecule has 0 aromatic carbocycles. The zero-order valence-corrected chi connectivity index (χ0v) is 13.9. The number of hydrogen-bond donors (Lipinski definition) is 1. The van der Waals surface area contributed by atoms with Gasteiger partial charge in [0.1, 0.15) is 5.69 Å². The van der Waals surface area contributed by atoms with Crippen molar-refractivity contribution in [2.45, 2.75) is 46.6 Å². The summed E-state index contributed by atoms with van der Waals surface area (Å²) in [6, 6.07) is 1.94. The van der Waals surface area contributed by atoms with E-state index in [1.54, 1.807) is 4.68 Å². The summed E-state index contributed by atoms with van der Waals surface area (Å²) in [6.07, 6.45) is 2.85. The van der Waals surface area contributed by atoms with Crippen LogP contribution in [0.1, 0.15) is 37.7 Å². The third-order valence-corrected chi connectivity index (χ3v) is 3.39. The van der Waals surface area contributed by atoms with E-state index in [0.717, 1.165) is 30.0 Å². The first-order chi connectivity index (χ1) is 9.76. The van der Waals surface area contributed by atoms with Gasteiger partial charge in [-0.2, -0.15) is 5.10 Å². The normalized spacial score (nSPS) is 11.9. The summed E-state index contributed by atoms with van der Waals surface area (Å²) in [4.78, 5) is 9.24. The summed E-state index contributed by atoms with van der Waals surface area (Å²) >= 11 is 0. The number of aryl methyl sites for hydroxylation is 3. The number of rotatable bonds is 4. The van der Waals surface area contributed by atoms with Gasteiger partial charge in [0.25, 0.3) is 0 Å². The van der Waals surface area contributed by atoms with E-state index < -0.39 is 0 Å². The van der Waals surface area contributed by atoms with Gasteiger partial charge in [-0.25, -0.2) is 9.97 Å². The molecule has 0 bridgehead atoms. The van der Waals surface area contributed by atoms with Gasteiger partial charge in [-0.1, -0.05) is 0 Å². The predicted octanol–water partition coefficient (Wildman–Crippen LogP) is 2.42. The van der Waals surface area contributed by atoms with Crippen molar-refractivity contribution in [1.29, 1.82) is 0 Å². The van der Waals surface area contributed by atoms with Crippen LogP contribution in [-0.4, -0.2) is 31.8 Å². The standard InChI is InChI=1S/C16H25N5/c1-11-13(7-9-17-16(3,4)5)12(2)19-15(18-11)14-8-10-21(6)20-14/h8,10,17H,7,9H2,1-6H3. The Kier molecular flexibility index (Phi) is 4.42. The van der Waals surface area contributed by atoms with Gasteiger partial charge in [-0.05, 0) is 59.2 Å². The molecule has 0 aliphatic rings. The van der Waals surface area contributed by atoms with Crippen LogP contribution in [0.4, 0.5) is 0 Å². The van der Waals surface area contributed by atoms with Crippen LogP contribution >= 0.6 is 0 Å². The van der Waals surface area contributed by atoms with Gasteiger partial charge < -0.3 is 5.32 Å². The summed E-state index contributed by atoms with van der Waals surface area (Å²) in [5, 5.41) is 7.87. The Balaban J connectivity index is 2.18. The number of nitrogens with one attached hydrogen (secondary N) is 1. The lowest BCUT2D eigenvalue weighted by Crippen LogP contribution is -2.37. The highest BCUT2D eigenvalue weighted by Crippen LogP contribution is 2.17. The summed E-state index contributed by atoms with van der Waals surface area (Å²) < 4.78 is 1.77. The molecule has 0 unspecified atom stereocenters. The van der Waals surface area contributed by atoms with Crippen molar-refractivity contribution in [2.75, 3.05) is 6.54 Å². The summed E-state index contributed by atoms with van der Waals surface area (Å²) in [5.74, 6) is 0.707. The van der Waals surface area contributed by atoms with Gasteiger partial charge in [0.05, 0.1) is 0 Å². The van der Waals surface area contributed by atoms with E-state index in [1.165, 1.54) is 5.56 Å². The summed E-state index contributed by atoms with van der Waals surface area (Å²) in [7, 11) is 1.90. The maximum atomic E-state index is 4.62. The minimum atomic E-state index is 0.135. The molecule has 0 saturated carbocycles. The minimum absolute atomic E-state index is 0.135. The van der Waals surface area contributed by atoms with Crippen LogP contribution in [0, 0.1) is 13.8 Å². The molecule has 0 spiro atoms. The van der Waals surface area contributed by atoms with Gasteiger partial charge in [-0.3, -0.25) is 4.68 Å². The Labute approximate surface area is 126 Å². The molecule has 1 N–H and O–H groups in total. The van der Waals surface area contributed by atoms with E-state index in [2.05, 4.69) is 41.2 Å². The van der Waals surface area contributed by atoms with Crippen molar-refractivity contribution >= 4 is 0 Å². The van der Waals surface area contributed by atoms with Crippen molar-refractivity contribution in [2.24, 2.45) is 7.05 Å². The Bertz CT molecular complexity index is 599. The molecule has 2 aromatic rings. The number of aromatic nitrogens is 4. The topological polar surface area (TPSA) is 55.6 Å². The lowest BCUT2D eigenvalue weighted by atomic mass is 10.1. The second kappa shape index (κ2) is 5.93. The Hall–Kier alpha value is -1.75. The highest BCUT2D eigenvalue weighted by molar-refractivity contribution is 5.49. The summed E-state index contributed by atoms with van der Waals surface area (Å²) in [5.41, 5.74) is 4.27. The van der Waals surface area contributed by atoms with Crippen LogP contribution in [0.5, 0.6) is 0 Å². The highest BCUT2D eigenvalue weighted by Gasteiger charge is 2.13. The van der Waals surface area contributed by atoms with Crippen LogP contribution in [-0.2, 0) is 13.5 Å². The maximum Gasteiger partial charge on any atom is 0.180 e. The first kappa shape index (κ1) is 15.6. The van der Waals surface area contributed by atoms with E-state index in [4.69, 9.17) is 0 Å². The van der Waals surface area contributed by atoms with E-state index >= 15 is 0 Å². The molecule has 21 heavy (non-hydrogen) atoms. The Morgan fingerprint density at radius 2 is 1.76 bits per heavy atom. The molecule has 0 aliphatic carbocycles. The van der Waals surface area contributed by atoms with Crippen molar-refractivity contribution in [3.05, 3.63) is 29.2 Å². The SMILES string of the molecule is Cc1nc(-c2ccn(C)n2)nc(C)c1CCNC(C)(C)C. The second-order valence-electron chi connectivity index (χ2n) is 6.50. The molecule has 5 heteroatoms. The average Bonchev–Trinajstić information content (AvgIpc) is 2.78. The largest absolute Gasteiger partial charge is 0.312 e. The minimum Gasteiger partial charge on any atom is -0.312 e.